The molecular weight excluding hydrogens is 208 g/mol. The molecule has 0 fully saturated rings. The van der Waals surface area contributed by atoms with Crippen LogP contribution in [0, 0.1) is 0 Å². The van der Waals surface area contributed by atoms with Gasteiger partial charge in [-0.2, -0.15) is 0 Å². The molecule has 0 saturated heterocycles. The molecule has 1 aromatic carbocycles. The molecule has 16 heavy (non-hydrogen) atoms. The Bertz CT molecular complexity index is 396. The van der Waals surface area contributed by atoms with E-state index in [0.29, 0.717) is 11.5 Å². The Balaban J connectivity index is 3.43. The summed E-state index contributed by atoms with van der Waals surface area (Å²) in [7, 11) is 3.04. The van der Waals surface area contributed by atoms with E-state index in [1.165, 1.54) is 13.2 Å². The summed E-state index contributed by atoms with van der Waals surface area (Å²) in [4.78, 5) is 10.9. The molecule has 0 spiro atoms. The predicted octanol–water partition coefficient (Wildman–Crippen LogP) is 2.53. The van der Waals surface area contributed by atoms with Crippen LogP contribution in [0.4, 0.5) is 0 Å². The van der Waals surface area contributed by atoms with Gasteiger partial charge in [0.1, 0.15) is 0 Å². The molecule has 4 heteroatoms. The lowest BCUT2D eigenvalue weighted by atomic mass is 9.99. The van der Waals surface area contributed by atoms with Gasteiger partial charge in [-0.25, -0.2) is 4.79 Å². The summed E-state index contributed by atoms with van der Waals surface area (Å²) >= 11 is 0. The largest absolute Gasteiger partial charge is 0.493 e. The van der Waals surface area contributed by atoms with Gasteiger partial charge in [0.25, 0.3) is 0 Å². The molecule has 1 rings (SSSR count). The lowest BCUT2D eigenvalue weighted by molar-refractivity contribution is 0.0696. The lowest BCUT2D eigenvalue weighted by Crippen LogP contribution is -2.03. The second-order valence-corrected chi connectivity index (χ2v) is 3.76. The van der Waals surface area contributed by atoms with Crippen LogP contribution in [0.3, 0.4) is 0 Å². The number of methoxy groups -OCH3 is 2. The molecule has 0 bridgehead atoms. The third-order valence-corrected chi connectivity index (χ3v) is 2.38. The average molecular weight is 224 g/mol. The normalized spacial score (nSPS) is 10.3. The highest BCUT2D eigenvalue weighted by molar-refractivity contribution is 5.89. The van der Waals surface area contributed by atoms with E-state index in [0.717, 1.165) is 5.56 Å². The molecule has 1 N–H and O–H groups in total. The van der Waals surface area contributed by atoms with E-state index in [1.54, 1.807) is 13.2 Å². The predicted molar refractivity (Wildman–Crippen MR) is 60.6 cm³/mol. The van der Waals surface area contributed by atoms with Crippen molar-refractivity contribution in [3.8, 4) is 11.5 Å². The smallest absolute Gasteiger partial charge is 0.335 e. The molecule has 0 aliphatic rings. The van der Waals surface area contributed by atoms with Gasteiger partial charge in [-0.15, -0.1) is 0 Å². The van der Waals surface area contributed by atoms with Crippen LogP contribution in [0.1, 0.15) is 35.7 Å². The third kappa shape index (κ3) is 2.27. The number of carbonyl (C=O) groups is 1. The second kappa shape index (κ2) is 4.88. The van der Waals surface area contributed by atoms with Gasteiger partial charge in [0.15, 0.2) is 11.5 Å². The summed E-state index contributed by atoms with van der Waals surface area (Å²) in [6.07, 6.45) is 0. The summed E-state index contributed by atoms with van der Waals surface area (Å²) in [6, 6.07) is 3.08. The number of hydrogen-bond donors (Lipinski definition) is 1. The zero-order valence-corrected chi connectivity index (χ0v) is 9.90. The summed E-state index contributed by atoms with van der Waals surface area (Å²) in [5.74, 6) is 0.250. The van der Waals surface area contributed by atoms with Crippen LogP contribution < -0.4 is 9.47 Å². The molecule has 0 aliphatic heterocycles. The van der Waals surface area contributed by atoms with Crippen LogP contribution in [-0.4, -0.2) is 25.3 Å². The Labute approximate surface area is 94.8 Å². The first-order valence-corrected chi connectivity index (χ1v) is 5.00. The van der Waals surface area contributed by atoms with Crippen molar-refractivity contribution in [2.75, 3.05) is 14.2 Å². The molecule has 0 unspecified atom stereocenters. The van der Waals surface area contributed by atoms with Crippen molar-refractivity contribution in [1.82, 2.24) is 0 Å². The number of benzene rings is 1. The SMILES string of the molecule is COc1cc(C(=O)O)cc(C(C)C)c1OC. The molecule has 0 atom stereocenters. The topological polar surface area (TPSA) is 55.8 Å². The van der Waals surface area contributed by atoms with Crippen LogP contribution in [0.5, 0.6) is 11.5 Å². The van der Waals surface area contributed by atoms with Crippen molar-refractivity contribution in [3.05, 3.63) is 23.3 Å². The lowest BCUT2D eigenvalue weighted by Gasteiger charge is -2.16. The van der Waals surface area contributed by atoms with E-state index in [9.17, 15) is 4.79 Å². The van der Waals surface area contributed by atoms with Crippen LogP contribution >= 0.6 is 0 Å². The van der Waals surface area contributed by atoms with Gasteiger partial charge in [-0.3, -0.25) is 0 Å². The number of ether oxygens (including phenoxy) is 2. The van der Waals surface area contributed by atoms with Gasteiger partial charge in [0, 0.05) is 5.56 Å². The Morgan fingerprint density at radius 1 is 1.25 bits per heavy atom. The minimum Gasteiger partial charge on any atom is -0.493 e. The fourth-order valence-corrected chi connectivity index (χ4v) is 1.55. The van der Waals surface area contributed by atoms with Crippen LogP contribution in [0.2, 0.25) is 0 Å². The van der Waals surface area contributed by atoms with E-state index in [2.05, 4.69) is 0 Å². The molecule has 1 aromatic rings. The quantitative estimate of drug-likeness (QED) is 0.853. The maximum absolute atomic E-state index is 10.9. The molecule has 88 valence electrons. The summed E-state index contributed by atoms with van der Waals surface area (Å²) < 4.78 is 10.4. The van der Waals surface area contributed by atoms with Crippen LogP contribution in [-0.2, 0) is 0 Å². The van der Waals surface area contributed by atoms with Crippen LogP contribution in [0.15, 0.2) is 12.1 Å². The first-order chi connectivity index (χ1) is 7.51. The standard InChI is InChI=1S/C12H16O4/c1-7(2)9-5-8(12(13)14)6-10(15-3)11(9)16-4/h5-7H,1-4H3,(H,13,14). The third-order valence-electron chi connectivity index (χ3n) is 2.38. The van der Waals surface area contributed by atoms with E-state index in [4.69, 9.17) is 14.6 Å². The van der Waals surface area contributed by atoms with Crippen molar-refractivity contribution >= 4 is 5.97 Å². The Kier molecular flexibility index (Phi) is 3.77. The maximum atomic E-state index is 10.9. The average Bonchev–Trinajstić information content (AvgIpc) is 2.26. The fourth-order valence-electron chi connectivity index (χ4n) is 1.55. The molecular formula is C12H16O4. The summed E-state index contributed by atoms with van der Waals surface area (Å²) in [5, 5.41) is 8.98. The van der Waals surface area contributed by atoms with E-state index in [1.807, 2.05) is 13.8 Å². The van der Waals surface area contributed by atoms with Gasteiger partial charge in [-0.1, -0.05) is 13.8 Å². The first-order valence-electron chi connectivity index (χ1n) is 5.00. The molecule has 0 heterocycles. The van der Waals surface area contributed by atoms with Crippen molar-refractivity contribution in [3.63, 3.8) is 0 Å². The minimum atomic E-state index is -0.970. The molecule has 4 nitrogen and oxygen atoms in total. The van der Waals surface area contributed by atoms with Gasteiger partial charge in [0.2, 0.25) is 0 Å². The van der Waals surface area contributed by atoms with Crippen molar-refractivity contribution < 1.29 is 19.4 Å². The Morgan fingerprint density at radius 3 is 2.25 bits per heavy atom. The van der Waals surface area contributed by atoms with Gasteiger partial charge >= 0.3 is 5.97 Å². The highest BCUT2D eigenvalue weighted by Gasteiger charge is 2.17. The molecule has 0 saturated carbocycles. The summed E-state index contributed by atoms with van der Waals surface area (Å²) in [5.41, 5.74) is 1.04. The maximum Gasteiger partial charge on any atom is 0.335 e. The van der Waals surface area contributed by atoms with Gasteiger partial charge in [-0.05, 0) is 18.1 Å². The molecule has 0 aliphatic carbocycles. The molecule has 0 amide bonds. The molecule has 0 aromatic heterocycles. The van der Waals surface area contributed by atoms with Crippen LogP contribution in [0.25, 0.3) is 0 Å². The first kappa shape index (κ1) is 12.4. The Hall–Kier alpha value is -1.71. The van der Waals surface area contributed by atoms with Crippen molar-refractivity contribution in [2.45, 2.75) is 19.8 Å². The second-order valence-electron chi connectivity index (χ2n) is 3.76. The highest BCUT2D eigenvalue weighted by atomic mass is 16.5. The Morgan fingerprint density at radius 2 is 1.88 bits per heavy atom. The number of rotatable bonds is 4. The van der Waals surface area contributed by atoms with E-state index in [-0.39, 0.29) is 11.5 Å². The van der Waals surface area contributed by atoms with Crippen molar-refractivity contribution in [2.24, 2.45) is 0 Å². The number of aromatic carboxylic acids is 1. The minimum absolute atomic E-state index is 0.170. The number of carboxylic acid groups (broad SMARTS) is 1. The van der Waals surface area contributed by atoms with E-state index >= 15 is 0 Å². The number of carboxylic acids is 1. The fraction of sp³-hybridized carbons (Fsp3) is 0.417. The van der Waals surface area contributed by atoms with E-state index < -0.39 is 5.97 Å². The zero-order chi connectivity index (χ0) is 12.3. The van der Waals surface area contributed by atoms with Gasteiger partial charge in [0.05, 0.1) is 19.8 Å². The van der Waals surface area contributed by atoms with Crippen molar-refractivity contribution in [1.29, 1.82) is 0 Å². The zero-order valence-electron chi connectivity index (χ0n) is 9.90. The monoisotopic (exact) mass is 224 g/mol. The molecule has 0 radical (unpaired) electrons. The van der Waals surface area contributed by atoms with Gasteiger partial charge < -0.3 is 14.6 Å². The highest BCUT2D eigenvalue weighted by Crippen LogP contribution is 2.36. The summed E-state index contributed by atoms with van der Waals surface area (Å²) in [6.45, 7) is 3.95. The number of hydrogen-bond acceptors (Lipinski definition) is 3.